The fourth-order valence-electron chi connectivity index (χ4n) is 4.10. The van der Waals surface area contributed by atoms with Gasteiger partial charge in [0.2, 0.25) is 0 Å². The molecule has 1 aliphatic heterocycles. The molecule has 1 amide bonds. The molecule has 0 radical (unpaired) electrons. The van der Waals surface area contributed by atoms with Crippen molar-refractivity contribution in [3.63, 3.8) is 0 Å². The third-order valence-corrected chi connectivity index (χ3v) is 7.85. The van der Waals surface area contributed by atoms with Crippen molar-refractivity contribution in [2.75, 3.05) is 31.1 Å². The fraction of sp³-hybridized carbons (Fsp3) is 0.321. The molecule has 0 aliphatic carbocycles. The second-order valence-corrected chi connectivity index (χ2v) is 10.7. The van der Waals surface area contributed by atoms with Crippen LogP contribution in [0.4, 0.5) is 5.69 Å². The number of aryl methyl sites for hydroxylation is 2. The lowest BCUT2D eigenvalue weighted by atomic mass is 10.1. The SMILES string of the molecule is CCCc1ccc(OCCNC(=O)[C@@H]2CN(S(=O)(=O)c3ccc(OC)cc3)c3cc(C)ccc3O2)cc1. The van der Waals surface area contributed by atoms with E-state index in [9.17, 15) is 13.2 Å². The second kappa shape index (κ2) is 11.6. The quantitative estimate of drug-likeness (QED) is 0.401. The Hall–Kier alpha value is -3.72. The number of benzene rings is 3. The van der Waals surface area contributed by atoms with Crippen LogP contribution in [0.15, 0.2) is 71.6 Å². The van der Waals surface area contributed by atoms with E-state index in [1.165, 1.54) is 29.1 Å². The second-order valence-electron chi connectivity index (χ2n) is 8.82. The van der Waals surface area contributed by atoms with E-state index in [0.717, 1.165) is 24.2 Å². The Bertz CT molecular complexity index is 1320. The van der Waals surface area contributed by atoms with Crippen molar-refractivity contribution in [3.8, 4) is 17.2 Å². The summed E-state index contributed by atoms with van der Waals surface area (Å²) in [7, 11) is -2.44. The molecule has 37 heavy (non-hydrogen) atoms. The van der Waals surface area contributed by atoms with E-state index in [-0.39, 0.29) is 24.6 Å². The van der Waals surface area contributed by atoms with E-state index >= 15 is 0 Å². The zero-order valence-electron chi connectivity index (χ0n) is 21.3. The number of amides is 1. The predicted octanol–water partition coefficient (Wildman–Crippen LogP) is 4.11. The van der Waals surface area contributed by atoms with Crippen LogP contribution in [0.2, 0.25) is 0 Å². The summed E-state index contributed by atoms with van der Waals surface area (Å²) in [4.78, 5) is 13.1. The van der Waals surface area contributed by atoms with Crippen LogP contribution in [0.3, 0.4) is 0 Å². The minimum Gasteiger partial charge on any atom is -0.497 e. The van der Waals surface area contributed by atoms with Crippen molar-refractivity contribution in [1.82, 2.24) is 5.32 Å². The molecule has 1 N–H and O–H groups in total. The highest BCUT2D eigenvalue weighted by Gasteiger charge is 2.37. The minimum atomic E-state index is -3.96. The van der Waals surface area contributed by atoms with Crippen LogP contribution in [0.1, 0.15) is 24.5 Å². The van der Waals surface area contributed by atoms with Gasteiger partial charge in [0, 0.05) is 0 Å². The molecule has 1 aliphatic rings. The van der Waals surface area contributed by atoms with Crippen molar-refractivity contribution in [3.05, 3.63) is 77.9 Å². The largest absolute Gasteiger partial charge is 0.497 e. The first-order chi connectivity index (χ1) is 17.8. The first kappa shape index (κ1) is 26.3. The average molecular weight is 525 g/mol. The molecule has 196 valence electrons. The maximum absolute atomic E-state index is 13.6. The molecule has 0 fully saturated rings. The van der Waals surface area contributed by atoms with Crippen molar-refractivity contribution in [2.45, 2.75) is 37.7 Å². The molecule has 8 nitrogen and oxygen atoms in total. The Morgan fingerprint density at radius 1 is 1.05 bits per heavy atom. The Morgan fingerprint density at radius 3 is 2.43 bits per heavy atom. The normalized spacial score (nSPS) is 14.9. The van der Waals surface area contributed by atoms with Gasteiger partial charge in [-0.05, 0) is 73.0 Å². The van der Waals surface area contributed by atoms with E-state index in [2.05, 4.69) is 12.2 Å². The average Bonchev–Trinajstić information content (AvgIpc) is 2.91. The number of anilines is 1. The van der Waals surface area contributed by atoms with E-state index < -0.39 is 22.0 Å². The minimum absolute atomic E-state index is 0.0974. The molecule has 4 rings (SSSR count). The van der Waals surface area contributed by atoms with Crippen LogP contribution < -0.4 is 23.8 Å². The number of hydrogen-bond acceptors (Lipinski definition) is 6. The van der Waals surface area contributed by atoms with E-state index in [1.54, 1.807) is 24.3 Å². The van der Waals surface area contributed by atoms with Crippen LogP contribution in [-0.2, 0) is 21.2 Å². The number of methoxy groups -OCH3 is 1. The summed E-state index contributed by atoms with van der Waals surface area (Å²) in [5.74, 6) is 1.19. The monoisotopic (exact) mass is 524 g/mol. The molecule has 0 bridgehead atoms. The summed E-state index contributed by atoms with van der Waals surface area (Å²) >= 11 is 0. The molecule has 3 aromatic carbocycles. The maximum Gasteiger partial charge on any atom is 0.264 e. The summed E-state index contributed by atoms with van der Waals surface area (Å²) in [6, 6.07) is 19.3. The summed E-state index contributed by atoms with van der Waals surface area (Å²) < 4.78 is 45.2. The highest BCUT2D eigenvalue weighted by molar-refractivity contribution is 7.92. The van der Waals surface area contributed by atoms with Gasteiger partial charge in [-0.15, -0.1) is 0 Å². The van der Waals surface area contributed by atoms with Crippen LogP contribution in [0, 0.1) is 6.92 Å². The molecule has 9 heteroatoms. The predicted molar refractivity (Wildman–Crippen MR) is 142 cm³/mol. The van der Waals surface area contributed by atoms with Gasteiger partial charge < -0.3 is 19.5 Å². The molecule has 3 aromatic rings. The molecule has 1 heterocycles. The number of nitrogens with one attached hydrogen (secondary N) is 1. The third-order valence-electron chi connectivity index (χ3n) is 6.06. The fourth-order valence-corrected chi connectivity index (χ4v) is 5.57. The summed E-state index contributed by atoms with van der Waals surface area (Å²) in [6.07, 6.45) is 1.08. The number of carbonyl (C=O) groups excluding carboxylic acids is 1. The van der Waals surface area contributed by atoms with Crippen LogP contribution >= 0.6 is 0 Å². The highest BCUT2D eigenvalue weighted by Crippen LogP contribution is 2.38. The Kier molecular flexibility index (Phi) is 8.23. The number of sulfonamides is 1. The Balaban J connectivity index is 1.44. The van der Waals surface area contributed by atoms with Crippen molar-refractivity contribution < 1.29 is 27.4 Å². The molecule has 0 unspecified atom stereocenters. The lowest BCUT2D eigenvalue weighted by Crippen LogP contribution is -2.51. The molecule has 0 saturated carbocycles. The van der Waals surface area contributed by atoms with Crippen molar-refractivity contribution in [1.29, 1.82) is 0 Å². The van der Waals surface area contributed by atoms with Crippen molar-refractivity contribution >= 4 is 21.6 Å². The zero-order chi connectivity index (χ0) is 26.4. The Labute approximate surface area is 218 Å². The number of carbonyl (C=O) groups is 1. The molecular formula is C28H32N2O6S. The third kappa shape index (κ3) is 6.17. The summed E-state index contributed by atoms with van der Waals surface area (Å²) in [5.41, 5.74) is 2.53. The molecule has 0 saturated heterocycles. The van der Waals surface area contributed by atoms with Gasteiger partial charge in [-0.1, -0.05) is 31.5 Å². The van der Waals surface area contributed by atoms with Gasteiger partial charge in [0.15, 0.2) is 6.10 Å². The topological polar surface area (TPSA) is 94.2 Å². The number of nitrogens with zero attached hydrogens (tertiary/aromatic N) is 1. The summed E-state index contributed by atoms with van der Waals surface area (Å²) in [6.45, 7) is 4.37. The Morgan fingerprint density at radius 2 is 1.76 bits per heavy atom. The maximum atomic E-state index is 13.6. The van der Waals surface area contributed by atoms with Gasteiger partial charge in [0.25, 0.3) is 15.9 Å². The van der Waals surface area contributed by atoms with Crippen LogP contribution in [-0.4, -0.2) is 47.2 Å². The van der Waals surface area contributed by atoms with Crippen LogP contribution in [0.25, 0.3) is 0 Å². The van der Waals surface area contributed by atoms with Gasteiger partial charge in [-0.2, -0.15) is 0 Å². The number of hydrogen-bond donors (Lipinski definition) is 1. The van der Waals surface area contributed by atoms with Gasteiger partial charge in [0.1, 0.15) is 23.9 Å². The van der Waals surface area contributed by atoms with Gasteiger partial charge in [-0.3, -0.25) is 9.10 Å². The highest BCUT2D eigenvalue weighted by atomic mass is 32.2. The molecule has 1 atom stereocenters. The smallest absolute Gasteiger partial charge is 0.264 e. The van der Waals surface area contributed by atoms with Gasteiger partial charge in [-0.25, -0.2) is 8.42 Å². The van der Waals surface area contributed by atoms with Crippen molar-refractivity contribution in [2.24, 2.45) is 0 Å². The van der Waals surface area contributed by atoms with Gasteiger partial charge >= 0.3 is 0 Å². The number of fused-ring (bicyclic) bond motifs is 1. The molecule has 0 aromatic heterocycles. The van der Waals surface area contributed by atoms with E-state index in [0.29, 0.717) is 17.2 Å². The number of ether oxygens (including phenoxy) is 3. The van der Waals surface area contributed by atoms with Crippen LogP contribution in [0.5, 0.6) is 17.2 Å². The lowest BCUT2D eigenvalue weighted by Gasteiger charge is -2.35. The standard InChI is InChI=1S/C28H32N2O6S/c1-4-5-21-7-9-23(10-8-21)35-17-16-29-28(31)27-19-30(25-18-20(2)6-15-26(25)36-27)37(32,33)24-13-11-22(34-3)12-14-24/h6-15,18,27H,4-5,16-17,19H2,1-3H3,(H,29,31)/t27-/m0/s1. The van der Waals surface area contributed by atoms with E-state index in [4.69, 9.17) is 14.2 Å². The molecule has 0 spiro atoms. The zero-order valence-corrected chi connectivity index (χ0v) is 22.1. The number of rotatable bonds is 10. The first-order valence-corrected chi connectivity index (χ1v) is 13.7. The van der Waals surface area contributed by atoms with E-state index in [1.807, 2.05) is 37.3 Å². The summed E-state index contributed by atoms with van der Waals surface area (Å²) in [5, 5.41) is 2.80. The first-order valence-electron chi connectivity index (χ1n) is 12.3. The molecular weight excluding hydrogens is 492 g/mol. The lowest BCUT2D eigenvalue weighted by molar-refractivity contribution is -0.127. The van der Waals surface area contributed by atoms with Gasteiger partial charge in [0.05, 0.1) is 30.8 Å².